The van der Waals surface area contributed by atoms with Gasteiger partial charge >= 0.3 is 0 Å². The number of rotatable bonds is 3. The number of piperazine rings is 1. The minimum absolute atomic E-state index is 0.549. The second-order valence-corrected chi connectivity index (χ2v) is 6.48. The van der Waals surface area contributed by atoms with Crippen LogP contribution in [0.15, 0.2) is 36.4 Å². The van der Waals surface area contributed by atoms with Gasteiger partial charge in [-0.2, -0.15) is 0 Å². The number of hydrogen-bond acceptors (Lipinski definition) is 4. The minimum Gasteiger partial charge on any atom is -0.387 e. The maximum absolute atomic E-state index is 9.67. The number of aromatic nitrogens is 1. The number of aliphatic hydroxyl groups excluding tert-OH is 1. The summed E-state index contributed by atoms with van der Waals surface area (Å²) in [6.45, 7) is 5.25. The van der Waals surface area contributed by atoms with Crippen molar-refractivity contribution in [3.05, 3.63) is 52.1 Å². The third-order valence-corrected chi connectivity index (χ3v) is 4.79. The second-order valence-electron chi connectivity index (χ2n) is 5.67. The van der Waals surface area contributed by atoms with Gasteiger partial charge in [-0.3, -0.25) is 0 Å². The molecule has 1 aliphatic rings. The smallest absolute Gasteiger partial charge is 0.129 e. The molecule has 3 rings (SSSR count). The van der Waals surface area contributed by atoms with Crippen LogP contribution in [-0.4, -0.2) is 36.3 Å². The molecule has 1 aliphatic heterocycles. The van der Waals surface area contributed by atoms with Gasteiger partial charge in [0.1, 0.15) is 5.82 Å². The van der Waals surface area contributed by atoms with Crippen LogP contribution in [0.4, 0.5) is 11.5 Å². The van der Waals surface area contributed by atoms with E-state index in [1.54, 1.807) is 6.92 Å². The molecular formula is C17H19Cl2N3O. The van der Waals surface area contributed by atoms with E-state index in [1.807, 2.05) is 36.4 Å². The number of halogens is 2. The largest absolute Gasteiger partial charge is 0.387 e. The van der Waals surface area contributed by atoms with Crippen LogP contribution in [0.2, 0.25) is 10.0 Å². The fraction of sp³-hybridized carbons (Fsp3) is 0.353. The van der Waals surface area contributed by atoms with Gasteiger partial charge in [0, 0.05) is 31.9 Å². The first kappa shape index (κ1) is 16.4. The Bertz CT molecular complexity index is 685. The lowest BCUT2D eigenvalue weighted by atomic mass is 10.2. The average molecular weight is 352 g/mol. The predicted octanol–water partition coefficient (Wildman–Crippen LogP) is 3.77. The van der Waals surface area contributed by atoms with E-state index in [1.165, 1.54) is 0 Å². The lowest BCUT2D eigenvalue weighted by Crippen LogP contribution is -2.46. The fourth-order valence-corrected chi connectivity index (χ4v) is 3.02. The topological polar surface area (TPSA) is 39.6 Å². The maximum Gasteiger partial charge on any atom is 0.129 e. The van der Waals surface area contributed by atoms with E-state index in [0.717, 1.165) is 37.7 Å². The molecule has 2 heterocycles. The van der Waals surface area contributed by atoms with Gasteiger partial charge in [0.15, 0.2) is 0 Å². The van der Waals surface area contributed by atoms with Crippen LogP contribution >= 0.6 is 23.2 Å². The van der Waals surface area contributed by atoms with Crippen LogP contribution in [0.3, 0.4) is 0 Å². The van der Waals surface area contributed by atoms with Gasteiger partial charge in [0.25, 0.3) is 0 Å². The van der Waals surface area contributed by atoms with Crippen LogP contribution < -0.4 is 9.80 Å². The van der Waals surface area contributed by atoms with Crippen LogP contribution in [-0.2, 0) is 0 Å². The molecule has 1 saturated heterocycles. The highest BCUT2D eigenvalue weighted by molar-refractivity contribution is 6.42. The molecule has 1 aromatic heterocycles. The number of hydrogen-bond donors (Lipinski definition) is 1. The highest BCUT2D eigenvalue weighted by Crippen LogP contribution is 2.28. The molecule has 122 valence electrons. The number of aliphatic hydroxyl groups is 1. The van der Waals surface area contributed by atoms with E-state index in [-0.39, 0.29) is 0 Å². The summed E-state index contributed by atoms with van der Waals surface area (Å²) < 4.78 is 0. The highest BCUT2D eigenvalue weighted by Gasteiger charge is 2.19. The first-order chi connectivity index (χ1) is 11.0. The first-order valence-corrected chi connectivity index (χ1v) is 8.40. The number of anilines is 2. The predicted molar refractivity (Wildman–Crippen MR) is 95.8 cm³/mol. The zero-order chi connectivity index (χ0) is 16.4. The molecule has 6 heteroatoms. The van der Waals surface area contributed by atoms with Crippen LogP contribution in [0.1, 0.15) is 18.7 Å². The van der Waals surface area contributed by atoms with Gasteiger partial charge in [-0.05, 0) is 37.3 Å². The van der Waals surface area contributed by atoms with E-state index in [4.69, 9.17) is 23.2 Å². The van der Waals surface area contributed by atoms with Crippen molar-refractivity contribution < 1.29 is 5.11 Å². The fourth-order valence-electron chi connectivity index (χ4n) is 2.72. The molecule has 1 N–H and O–H groups in total. The van der Waals surface area contributed by atoms with Gasteiger partial charge in [-0.1, -0.05) is 29.3 Å². The molecule has 0 saturated carbocycles. The molecule has 1 fully saturated rings. The molecule has 0 spiro atoms. The molecule has 2 aromatic rings. The number of pyridine rings is 1. The molecule has 0 aliphatic carbocycles. The lowest BCUT2D eigenvalue weighted by molar-refractivity contribution is 0.194. The van der Waals surface area contributed by atoms with Crippen LogP contribution in [0.5, 0.6) is 0 Å². The Kier molecular flexibility index (Phi) is 4.95. The minimum atomic E-state index is -0.549. The van der Waals surface area contributed by atoms with E-state index in [0.29, 0.717) is 15.7 Å². The molecule has 0 bridgehead atoms. The molecule has 1 aromatic carbocycles. The summed E-state index contributed by atoms with van der Waals surface area (Å²) in [5, 5.41) is 10.8. The molecular weight excluding hydrogens is 333 g/mol. The standard InChI is InChI=1S/C17H19Cl2N3O/c1-12(23)16-3-2-4-17(20-16)22-9-7-21(8-10-22)13-5-6-14(18)15(19)11-13/h2-6,11-12,23H,7-10H2,1H3/t12-/m0/s1. The lowest BCUT2D eigenvalue weighted by Gasteiger charge is -2.37. The van der Waals surface area contributed by atoms with E-state index in [9.17, 15) is 5.11 Å². The summed E-state index contributed by atoms with van der Waals surface area (Å²) in [7, 11) is 0. The zero-order valence-corrected chi connectivity index (χ0v) is 14.4. The molecule has 1 atom stereocenters. The summed E-state index contributed by atoms with van der Waals surface area (Å²) in [6, 6.07) is 11.5. The van der Waals surface area contributed by atoms with Crippen molar-refractivity contribution in [3.8, 4) is 0 Å². The van der Waals surface area contributed by atoms with Gasteiger partial charge in [0.2, 0.25) is 0 Å². The Morgan fingerprint density at radius 2 is 1.70 bits per heavy atom. The summed E-state index contributed by atoms with van der Waals surface area (Å²) in [4.78, 5) is 9.06. The van der Waals surface area contributed by atoms with Gasteiger partial charge in [-0.15, -0.1) is 0 Å². The Hall–Kier alpha value is -1.49. The van der Waals surface area contributed by atoms with Crippen molar-refractivity contribution in [1.29, 1.82) is 0 Å². The Morgan fingerprint density at radius 3 is 2.35 bits per heavy atom. The van der Waals surface area contributed by atoms with Crippen molar-refractivity contribution in [1.82, 2.24) is 4.98 Å². The van der Waals surface area contributed by atoms with E-state index < -0.39 is 6.10 Å². The zero-order valence-electron chi connectivity index (χ0n) is 12.9. The van der Waals surface area contributed by atoms with Crippen molar-refractivity contribution in [2.24, 2.45) is 0 Å². The van der Waals surface area contributed by atoms with Crippen molar-refractivity contribution >= 4 is 34.7 Å². The second kappa shape index (κ2) is 6.95. The quantitative estimate of drug-likeness (QED) is 0.913. The average Bonchev–Trinajstić information content (AvgIpc) is 2.57. The summed E-state index contributed by atoms with van der Waals surface area (Å²) in [5.74, 6) is 0.914. The summed E-state index contributed by atoms with van der Waals surface area (Å²) in [5.41, 5.74) is 1.79. The van der Waals surface area contributed by atoms with Crippen molar-refractivity contribution in [2.45, 2.75) is 13.0 Å². The third-order valence-electron chi connectivity index (χ3n) is 4.06. The molecule has 0 unspecified atom stereocenters. The Balaban J connectivity index is 1.68. The first-order valence-electron chi connectivity index (χ1n) is 7.64. The van der Waals surface area contributed by atoms with Gasteiger partial charge in [-0.25, -0.2) is 4.98 Å². The van der Waals surface area contributed by atoms with Crippen molar-refractivity contribution in [3.63, 3.8) is 0 Å². The van der Waals surface area contributed by atoms with Crippen LogP contribution in [0, 0.1) is 0 Å². The van der Waals surface area contributed by atoms with Gasteiger partial charge in [0.05, 0.1) is 21.8 Å². The monoisotopic (exact) mass is 351 g/mol. The Morgan fingerprint density at radius 1 is 1.00 bits per heavy atom. The normalized spacial score (nSPS) is 16.5. The van der Waals surface area contributed by atoms with E-state index in [2.05, 4.69) is 14.8 Å². The summed E-state index contributed by atoms with van der Waals surface area (Å²) in [6.07, 6.45) is -0.549. The Labute approximate surface area is 146 Å². The number of nitrogens with zero attached hydrogens (tertiary/aromatic N) is 3. The highest BCUT2D eigenvalue weighted by atomic mass is 35.5. The molecule has 23 heavy (non-hydrogen) atoms. The SMILES string of the molecule is C[C@H](O)c1cccc(N2CCN(c3ccc(Cl)c(Cl)c3)CC2)n1. The maximum atomic E-state index is 9.67. The van der Waals surface area contributed by atoms with Crippen molar-refractivity contribution in [2.75, 3.05) is 36.0 Å². The van der Waals surface area contributed by atoms with Crippen LogP contribution in [0.25, 0.3) is 0 Å². The third kappa shape index (κ3) is 3.71. The van der Waals surface area contributed by atoms with E-state index >= 15 is 0 Å². The molecule has 0 radical (unpaired) electrons. The van der Waals surface area contributed by atoms with Gasteiger partial charge < -0.3 is 14.9 Å². The molecule has 4 nitrogen and oxygen atoms in total. The number of benzene rings is 1. The summed E-state index contributed by atoms with van der Waals surface area (Å²) >= 11 is 12.1. The molecule has 0 amide bonds.